The van der Waals surface area contributed by atoms with Crippen LogP contribution in [0.5, 0.6) is 0 Å². The molecule has 2 aromatic carbocycles. The highest BCUT2D eigenvalue weighted by atomic mass is 35.5. The average molecular weight is 426 g/mol. The number of carbonyl (C=O) groups is 2. The zero-order valence-electron chi connectivity index (χ0n) is 15.7. The van der Waals surface area contributed by atoms with Gasteiger partial charge in [-0.3, -0.25) is 14.9 Å². The molecule has 0 saturated carbocycles. The summed E-state index contributed by atoms with van der Waals surface area (Å²) < 4.78 is 0. The van der Waals surface area contributed by atoms with Crippen molar-refractivity contribution in [1.29, 1.82) is 0 Å². The number of likely N-dealkylation sites (tertiary alicyclic amines) is 1. The lowest BCUT2D eigenvalue weighted by molar-refractivity contribution is -0.128. The van der Waals surface area contributed by atoms with Gasteiger partial charge in [-0.15, -0.1) is 11.3 Å². The van der Waals surface area contributed by atoms with Crippen LogP contribution in [0.4, 0.5) is 5.13 Å². The Morgan fingerprint density at radius 2 is 2.07 bits per heavy atom. The zero-order chi connectivity index (χ0) is 20.2. The Bertz CT molecular complexity index is 1050. The first-order chi connectivity index (χ1) is 14.1. The number of aromatic nitrogens is 1. The van der Waals surface area contributed by atoms with Crippen LogP contribution in [0.3, 0.4) is 0 Å². The Kier molecular flexibility index (Phi) is 5.92. The van der Waals surface area contributed by atoms with Crippen molar-refractivity contribution in [2.24, 2.45) is 0 Å². The van der Waals surface area contributed by atoms with Crippen LogP contribution < -0.4 is 5.32 Å². The van der Waals surface area contributed by atoms with Crippen molar-refractivity contribution in [3.8, 4) is 0 Å². The zero-order valence-corrected chi connectivity index (χ0v) is 17.3. The van der Waals surface area contributed by atoms with Gasteiger partial charge in [-0.1, -0.05) is 41.9 Å². The fourth-order valence-corrected chi connectivity index (χ4v) is 4.38. The Morgan fingerprint density at radius 1 is 1.21 bits per heavy atom. The van der Waals surface area contributed by atoms with Crippen molar-refractivity contribution in [2.45, 2.75) is 25.8 Å². The number of hydrogen-bond donors (Lipinski definition) is 1. The molecule has 0 unspecified atom stereocenters. The molecule has 0 atom stereocenters. The van der Waals surface area contributed by atoms with E-state index in [0.29, 0.717) is 30.1 Å². The van der Waals surface area contributed by atoms with Crippen molar-refractivity contribution < 1.29 is 9.59 Å². The normalized spacial score (nSPS) is 13.7. The number of benzene rings is 2. The lowest BCUT2D eigenvalue weighted by Gasteiger charge is -2.15. The minimum Gasteiger partial charge on any atom is -0.338 e. The minimum atomic E-state index is -0.210. The predicted octanol–water partition coefficient (Wildman–Crippen LogP) is 4.76. The summed E-state index contributed by atoms with van der Waals surface area (Å²) in [5.41, 5.74) is 2.53. The molecule has 29 heavy (non-hydrogen) atoms. The van der Waals surface area contributed by atoms with E-state index in [-0.39, 0.29) is 11.8 Å². The van der Waals surface area contributed by atoms with Gasteiger partial charge < -0.3 is 4.90 Å². The van der Waals surface area contributed by atoms with E-state index in [1.165, 1.54) is 11.3 Å². The Hall–Kier alpha value is -2.70. The van der Waals surface area contributed by atoms with Crippen LogP contribution in [0.25, 0.3) is 0 Å². The Balaban J connectivity index is 1.41. The van der Waals surface area contributed by atoms with E-state index < -0.39 is 0 Å². The fraction of sp³-hybridized carbons (Fsp3) is 0.227. The summed E-state index contributed by atoms with van der Waals surface area (Å²) in [6.07, 6.45) is 3.95. The lowest BCUT2D eigenvalue weighted by atomic mass is 10.1. The third kappa shape index (κ3) is 4.83. The van der Waals surface area contributed by atoms with E-state index in [4.69, 9.17) is 11.6 Å². The van der Waals surface area contributed by atoms with Crippen molar-refractivity contribution in [2.75, 3.05) is 11.9 Å². The molecule has 1 aliphatic heterocycles. The number of anilines is 1. The summed E-state index contributed by atoms with van der Waals surface area (Å²) in [7, 11) is 0. The number of rotatable bonds is 6. The quantitative estimate of drug-likeness (QED) is 0.619. The summed E-state index contributed by atoms with van der Waals surface area (Å²) in [5.74, 6) is -0.0352. The first-order valence-corrected chi connectivity index (χ1v) is 10.6. The number of halogens is 1. The molecule has 1 saturated heterocycles. The second-order valence-corrected chi connectivity index (χ2v) is 8.50. The van der Waals surface area contributed by atoms with Gasteiger partial charge in [0.25, 0.3) is 5.91 Å². The predicted molar refractivity (Wildman–Crippen MR) is 115 cm³/mol. The summed E-state index contributed by atoms with van der Waals surface area (Å²) in [6.45, 7) is 1.32. The van der Waals surface area contributed by atoms with E-state index in [9.17, 15) is 9.59 Å². The molecule has 148 valence electrons. The number of nitrogens with zero attached hydrogens (tertiary/aromatic N) is 2. The van der Waals surface area contributed by atoms with Crippen LogP contribution in [0.1, 0.15) is 39.2 Å². The van der Waals surface area contributed by atoms with Gasteiger partial charge in [0.15, 0.2) is 5.13 Å². The van der Waals surface area contributed by atoms with E-state index in [2.05, 4.69) is 10.3 Å². The first-order valence-electron chi connectivity index (χ1n) is 9.44. The maximum Gasteiger partial charge on any atom is 0.257 e. The molecule has 7 heteroatoms. The molecule has 0 spiro atoms. The summed E-state index contributed by atoms with van der Waals surface area (Å²) >= 11 is 7.66. The number of amides is 2. The highest BCUT2D eigenvalue weighted by Crippen LogP contribution is 2.25. The van der Waals surface area contributed by atoms with Gasteiger partial charge in [0.1, 0.15) is 0 Å². The van der Waals surface area contributed by atoms with Crippen LogP contribution in [0, 0.1) is 0 Å². The Labute approximate surface area is 178 Å². The van der Waals surface area contributed by atoms with Gasteiger partial charge in [-0.05, 0) is 35.7 Å². The van der Waals surface area contributed by atoms with Crippen LogP contribution in [0.15, 0.2) is 54.7 Å². The third-order valence-electron chi connectivity index (χ3n) is 4.83. The van der Waals surface area contributed by atoms with Gasteiger partial charge in [0.05, 0.1) is 0 Å². The molecule has 2 heterocycles. The van der Waals surface area contributed by atoms with E-state index in [0.717, 1.165) is 34.0 Å². The van der Waals surface area contributed by atoms with Crippen LogP contribution in [0.2, 0.25) is 5.02 Å². The summed E-state index contributed by atoms with van der Waals surface area (Å²) in [6, 6.07) is 15.1. The molecular formula is C22H20ClN3O2S. The standard InChI is InChI=1S/C22H20ClN3O2S/c23-19-8-2-1-6-16(19)12-18-13-24-22(29-18)25-21(28)17-7-3-5-15(11-17)14-26-10-4-9-20(26)27/h1-3,5-8,11,13H,4,9-10,12,14H2,(H,24,25,28). The summed E-state index contributed by atoms with van der Waals surface area (Å²) in [5, 5.41) is 4.14. The molecule has 0 aliphatic carbocycles. The lowest BCUT2D eigenvalue weighted by Crippen LogP contribution is -2.24. The molecule has 0 bridgehead atoms. The molecule has 2 amide bonds. The van der Waals surface area contributed by atoms with Gasteiger partial charge in [-0.25, -0.2) is 4.98 Å². The molecule has 1 aliphatic rings. The second kappa shape index (κ2) is 8.76. The molecular weight excluding hydrogens is 406 g/mol. The van der Waals surface area contributed by atoms with Gasteiger partial charge >= 0.3 is 0 Å². The Morgan fingerprint density at radius 3 is 2.86 bits per heavy atom. The number of carbonyl (C=O) groups excluding carboxylic acids is 2. The molecule has 5 nitrogen and oxygen atoms in total. The largest absolute Gasteiger partial charge is 0.338 e. The van der Waals surface area contributed by atoms with Crippen molar-refractivity contribution in [3.05, 3.63) is 81.3 Å². The minimum absolute atomic E-state index is 0.175. The van der Waals surface area contributed by atoms with Crippen LogP contribution >= 0.6 is 22.9 Å². The number of nitrogens with one attached hydrogen (secondary N) is 1. The molecule has 1 fully saturated rings. The van der Waals surface area contributed by atoms with Crippen LogP contribution in [-0.4, -0.2) is 28.2 Å². The molecule has 1 aromatic heterocycles. The maximum absolute atomic E-state index is 12.6. The molecule has 1 N–H and O–H groups in total. The highest BCUT2D eigenvalue weighted by Gasteiger charge is 2.20. The smallest absolute Gasteiger partial charge is 0.257 e. The maximum atomic E-state index is 12.6. The second-order valence-electron chi connectivity index (χ2n) is 6.97. The monoisotopic (exact) mass is 425 g/mol. The topological polar surface area (TPSA) is 62.3 Å². The fourth-order valence-electron chi connectivity index (χ4n) is 3.35. The summed E-state index contributed by atoms with van der Waals surface area (Å²) in [4.78, 5) is 31.6. The van der Waals surface area contributed by atoms with Crippen molar-refractivity contribution >= 4 is 39.9 Å². The van der Waals surface area contributed by atoms with E-state index >= 15 is 0 Å². The number of thiazole rings is 1. The van der Waals surface area contributed by atoms with Gasteiger partial charge in [-0.2, -0.15) is 0 Å². The van der Waals surface area contributed by atoms with Gasteiger partial charge in [0, 0.05) is 47.6 Å². The van der Waals surface area contributed by atoms with Crippen molar-refractivity contribution in [3.63, 3.8) is 0 Å². The van der Waals surface area contributed by atoms with Crippen LogP contribution in [-0.2, 0) is 17.8 Å². The molecule has 3 aromatic rings. The molecule has 0 radical (unpaired) electrons. The average Bonchev–Trinajstić information content (AvgIpc) is 3.33. The van der Waals surface area contributed by atoms with E-state index in [1.54, 1.807) is 12.3 Å². The third-order valence-corrected chi connectivity index (χ3v) is 6.11. The number of hydrogen-bond acceptors (Lipinski definition) is 4. The SMILES string of the molecule is O=C(Nc1ncc(Cc2ccccc2Cl)s1)c1cccc(CN2CCCC2=O)c1. The van der Waals surface area contributed by atoms with E-state index in [1.807, 2.05) is 47.4 Å². The first kappa shape index (κ1) is 19.6. The highest BCUT2D eigenvalue weighted by molar-refractivity contribution is 7.15. The van der Waals surface area contributed by atoms with Crippen molar-refractivity contribution in [1.82, 2.24) is 9.88 Å². The molecule has 4 rings (SSSR count). The van der Waals surface area contributed by atoms with Gasteiger partial charge in [0.2, 0.25) is 5.91 Å².